The number of carbonyl (C=O) groups excluding carboxylic acids is 1. The molecule has 3 aromatic rings. The molecule has 2 aromatic carbocycles. The lowest BCUT2D eigenvalue weighted by atomic mass is 10.00. The second kappa shape index (κ2) is 10.6. The lowest BCUT2D eigenvalue weighted by molar-refractivity contribution is -0.133. The van der Waals surface area contributed by atoms with Gasteiger partial charge in [-0.3, -0.25) is 4.79 Å². The van der Waals surface area contributed by atoms with Crippen LogP contribution in [0.2, 0.25) is 0 Å². The quantitative estimate of drug-likeness (QED) is 0.366. The Morgan fingerprint density at radius 2 is 1.98 bits per heavy atom. The number of alkyl halides is 2. The van der Waals surface area contributed by atoms with E-state index < -0.39 is 49.6 Å². The average molecular weight is 579 g/mol. The van der Waals surface area contributed by atoms with Gasteiger partial charge in [0.15, 0.2) is 0 Å². The van der Waals surface area contributed by atoms with Gasteiger partial charge in [-0.2, -0.15) is 8.78 Å². The van der Waals surface area contributed by atoms with Gasteiger partial charge in [0.1, 0.15) is 43.6 Å². The fraction of sp³-hybridized carbons (Fsp3) is 0.444. The standard InChI is InChI=1S/C27H30F3N4O5P/c1-15(17-4-3-5-20(23(17)28)27(29,30)14-36)31-26-19-12-21(40(38)10-7-34(8-11-40)22(37)13-35)25-18(6-9-39-25)24(19)32-16(2)33-26/h3-5,12,15,35-36H,6-11,13-14H2,1-2H3,(H,31,32,33)/t15-/m1/s1. The molecule has 9 nitrogen and oxygen atoms in total. The van der Waals surface area contributed by atoms with Crippen molar-refractivity contribution >= 4 is 35.1 Å². The van der Waals surface area contributed by atoms with Gasteiger partial charge in [-0.05, 0) is 26.0 Å². The first-order valence-electron chi connectivity index (χ1n) is 13.0. The molecule has 214 valence electrons. The summed E-state index contributed by atoms with van der Waals surface area (Å²) >= 11 is 0. The minimum absolute atomic E-state index is 0.0338. The van der Waals surface area contributed by atoms with E-state index in [9.17, 15) is 23.2 Å². The molecule has 0 saturated carbocycles. The summed E-state index contributed by atoms with van der Waals surface area (Å²) in [4.78, 5) is 22.6. The molecule has 0 spiro atoms. The predicted molar refractivity (Wildman–Crippen MR) is 144 cm³/mol. The van der Waals surface area contributed by atoms with E-state index in [0.29, 0.717) is 46.6 Å². The van der Waals surface area contributed by atoms with E-state index in [4.69, 9.17) is 9.84 Å². The Balaban J connectivity index is 1.57. The van der Waals surface area contributed by atoms with Crippen LogP contribution in [0, 0.1) is 12.7 Å². The monoisotopic (exact) mass is 578 g/mol. The van der Waals surface area contributed by atoms with Crippen LogP contribution in [0.5, 0.6) is 5.75 Å². The van der Waals surface area contributed by atoms with E-state index in [2.05, 4.69) is 15.3 Å². The van der Waals surface area contributed by atoms with E-state index in [1.54, 1.807) is 19.9 Å². The molecule has 1 fully saturated rings. The number of nitrogens with zero attached hydrogens (tertiary/aromatic N) is 3. The van der Waals surface area contributed by atoms with Gasteiger partial charge in [0.05, 0.1) is 29.0 Å². The summed E-state index contributed by atoms with van der Waals surface area (Å²) in [5.41, 5.74) is 0.452. The van der Waals surface area contributed by atoms with Crippen molar-refractivity contribution in [3.05, 3.63) is 52.6 Å². The fourth-order valence-electron chi connectivity index (χ4n) is 5.39. The van der Waals surface area contributed by atoms with Crippen LogP contribution < -0.4 is 15.4 Å². The summed E-state index contributed by atoms with van der Waals surface area (Å²) in [6.07, 6.45) is 0.985. The number of halogens is 3. The molecule has 1 amide bonds. The van der Waals surface area contributed by atoms with Crippen molar-refractivity contribution in [3.8, 4) is 5.75 Å². The average Bonchev–Trinajstić information content (AvgIpc) is 3.43. The zero-order valence-corrected chi connectivity index (χ0v) is 23.0. The van der Waals surface area contributed by atoms with Crippen molar-refractivity contribution in [3.63, 3.8) is 0 Å². The SMILES string of the molecule is Cc1nc(N[C@H](C)c2cccc(C(F)(F)CO)c2F)c2cc(P3(=O)CCN(C(=O)CO)CC3)c3c(c2n1)CCO3. The minimum Gasteiger partial charge on any atom is -0.492 e. The van der Waals surface area contributed by atoms with Crippen molar-refractivity contribution in [1.29, 1.82) is 0 Å². The van der Waals surface area contributed by atoms with E-state index >= 15 is 4.39 Å². The predicted octanol–water partition coefficient (Wildman–Crippen LogP) is 3.09. The molecule has 0 unspecified atom stereocenters. The highest BCUT2D eigenvalue weighted by atomic mass is 31.2. The molecule has 5 rings (SSSR count). The number of aliphatic hydroxyl groups excluding tert-OH is 2. The molecule has 1 atom stereocenters. The number of nitrogens with one attached hydrogen (secondary N) is 1. The third-order valence-electron chi connectivity index (χ3n) is 7.56. The first kappa shape index (κ1) is 28.3. The van der Waals surface area contributed by atoms with Crippen molar-refractivity contribution in [2.24, 2.45) is 0 Å². The summed E-state index contributed by atoms with van der Waals surface area (Å²) < 4.78 is 63.7. The Kier molecular flexibility index (Phi) is 7.54. The zero-order chi connectivity index (χ0) is 28.8. The van der Waals surface area contributed by atoms with Crippen LogP contribution in [0.1, 0.15) is 35.5 Å². The number of fused-ring (bicyclic) bond motifs is 3. The Hall–Kier alpha value is -3.21. The van der Waals surface area contributed by atoms with Crippen LogP contribution in [-0.4, -0.2) is 76.2 Å². The normalized spacial score (nSPS) is 17.4. The van der Waals surface area contributed by atoms with E-state index in [-0.39, 0.29) is 31.0 Å². The van der Waals surface area contributed by atoms with Crippen molar-refractivity contribution in [1.82, 2.24) is 14.9 Å². The molecular weight excluding hydrogens is 548 g/mol. The van der Waals surface area contributed by atoms with Crippen LogP contribution in [-0.2, 0) is 21.7 Å². The smallest absolute Gasteiger partial charge is 0.298 e. The molecule has 0 aliphatic carbocycles. The lowest BCUT2D eigenvalue weighted by Crippen LogP contribution is -2.42. The Morgan fingerprint density at radius 3 is 2.65 bits per heavy atom. The third kappa shape index (κ3) is 4.93. The van der Waals surface area contributed by atoms with Gasteiger partial charge < -0.3 is 29.7 Å². The first-order chi connectivity index (χ1) is 19.0. The highest BCUT2D eigenvalue weighted by Gasteiger charge is 2.38. The summed E-state index contributed by atoms with van der Waals surface area (Å²) in [5, 5.41) is 22.5. The largest absolute Gasteiger partial charge is 0.492 e. The maximum absolute atomic E-state index is 15.2. The molecule has 40 heavy (non-hydrogen) atoms. The molecule has 0 radical (unpaired) electrons. The van der Waals surface area contributed by atoms with Crippen LogP contribution in [0.15, 0.2) is 24.3 Å². The maximum atomic E-state index is 15.2. The number of rotatable bonds is 7. The van der Waals surface area contributed by atoms with Crippen LogP contribution in [0.4, 0.5) is 19.0 Å². The van der Waals surface area contributed by atoms with Crippen LogP contribution >= 0.6 is 7.14 Å². The number of anilines is 1. The number of carbonyl (C=O) groups is 1. The minimum atomic E-state index is -3.74. The number of aromatic nitrogens is 2. The lowest BCUT2D eigenvalue weighted by Gasteiger charge is -2.33. The second-order valence-corrected chi connectivity index (χ2v) is 13.3. The van der Waals surface area contributed by atoms with Crippen LogP contribution in [0.25, 0.3) is 10.9 Å². The fourth-order valence-corrected chi connectivity index (χ4v) is 8.15. The maximum Gasteiger partial charge on any atom is 0.298 e. The number of hydrogen-bond acceptors (Lipinski definition) is 8. The Bertz CT molecular complexity index is 1520. The molecule has 1 saturated heterocycles. The number of aryl methyl sites for hydroxylation is 1. The second-order valence-electron chi connectivity index (χ2n) is 10.1. The number of aliphatic hydroxyl groups is 2. The number of ether oxygens (including phenoxy) is 1. The highest BCUT2D eigenvalue weighted by Crippen LogP contribution is 2.51. The van der Waals surface area contributed by atoms with Crippen molar-refractivity contribution < 1.29 is 37.5 Å². The van der Waals surface area contributed by atoms with Gasteiger partial charge in [-0.1, -0.05) is 12.1 Å². The van der Waals surface area contributed by atoms with Gasteiger partial charge in [-0.25, -0.2) is 14.4 Å². The van der Waals surface area contributed by atoms with Gasteiger partial charge >= 0.3 is 0 Å². The number of amides is 1. The molecule has 2 aliphatic heterocycles. The third-order valence-corrected chi connectivity index (χ3v) is 10.6. The topological polar surface area (TPSA) is 125 Å². The van der Waals surface area contributed by atoms with E-state index in [0.717, 1.165) is 11.6 Å². The molecule has 3 heterocycles. The van der Waals surface area contributed by atoms with Gasteiger partial charge in [-0.15, -0.1) is 0 Å². The highest BCUT2D eigenvalue weighted by molar-refractivity contribution is 7.72. The molecule has 13 heteroatoms. The summed E-state index contributed by atoms with van der Waals surface area (Å²) in [6.45, 7) is 2.04. The van der Waals surface area contributed by atoms with Gasteiger partial charge in [0.2, 0.25) is 5.91 Å². The molecule has 0 bridgehead atoms. The first-order valence-corrected chi connectivity index (χ1v) is 15.0. The molecule has 3 N–H and O–H groups in total. The summed E-state index contributed by atoms with van der Waals surface area (Å²) in [6, 6.07) is 4.56. The summed E-state index contributed by atoms with van der Waals surface area (Å²) in [5.74, 6) is -4.00. The zero-order valence-electron chi connectivity index (χ0n) is 22.1. The van der Waals surface area contributed by atoms with Crippen molar-refractivity contribution in [2.45, 2.75) is 32.2 Å². The molecular formula is C27H30F3N4O5P. The van der Waals surface area contributed by atoms with Crippen LogP contribution in [0.3, 0.4) is 0 Å². The van der Waals surface area contributed by atoms with Gasteiger partial charge in [0, 0.05) is 48.3 Å². The van der Waals surface area contributed by atoms with E-state index in [1.165, 1.54) is 17.0 Å². The number of benzene rings is 2. The Morgan fingerprint density at radius 1 is 1.25 bits per heavy atom. The molecule has 1 aromatic heterocycles. The Labute approximate surface area is 228 Å². The molecule has 2 aliphatic rings. The van der Waals surface area contributed by atoms with E-state index in [1.807, 2.05) is 0 Å². The van der Waals surface area contributed by atoms with Crippen molar-refractivity contribution in [2.75, 3.05) is 50.6 Å². The van der Waals surface area contributed by atoms with Gasteiger partial charge in [0.25, 0.3) is 5.92 Å². The number of hydrogen-bond donors (Lipinski definition) is 3. The summed E-state index contributed by atoms with van der Waals surface area (Å²) in [7, 11) is -3.01.